The topological polar surface area (TPSA) is 52.7 Å². The summed E-state index contributed by atoms with van der Waals surface area (Å²) in [6.45, 7) is 5.10. The largest absolute Gasteiger partial charge is 0.369 e. The zero-order chi connectivity index (χ0) is 18.2. The van der Waals surface area contributed by atoms with Crippen LogP contribution in [0.25, 0.3) is 0 Å². The minimum atomic E-state index is -3.22. The molecule has 0 spiro atoms. The van der Waals surface area contributed by atoms with Crippen LogP contribution in [-0.2, 0) is 16.4 Å². The Labute approximate surface area is 156 Å². The number of sulfonamides is 1. The number of hydrogen-bond donors (Lipinski definition) is 1. The molecule has 0 bridgehead atoms. The third kappa shape index (κ3) is 5.83. The minimum absolute atomic E-state index is 0.138. The maximum Gasteiger partial charge on any atom is 0.211 e. The van der Waals surface area contributed by atoms with Crippen LogP contribution in [0.3, 0.4) is 0 Å². The molecule has 140 valence electrons. The van der Waals surface area contributed by atoms with E-state index < -0.39 is 10.0 Å². The second-order valence-electron chi connectivity index (χ2n) is 6.61. The first kappa shape index (κ1) is 18.9. The average molecular weight is 374 g/mol. The van der Waals surface area contributed by atoms with Crippen molar-refractivity contribution < 1.29 is 8.42 Å². The van der Waals surface area contributed by atoms with Crippen molar-refractivity contribution in [2.24, 2.45) is 0 Å². The van der Waals surface area contributed by atoms with Gasteiger partial charge in [0, 0.05) is 45.0 Å². The molecule has 1 heterocycles. The second kappa shape index (κ2) is 9.16. The van der Waals surface area contributed by atoms with Crippen molar-refractivity contribution in [3.05, 3.63) is 66.2 Å². The van der Waals surface area contributed by atoms with Gasteiger partial charge in [-0.25, -0.2) is 13.1 Å². The van der Waals surface area contributed by atoms with Crippen LogP contribution in [0.15, 0.2) is 60.7 Å². The van der Waals surface area contributed by atoms with Crippen molar-refractivity contribution in [2.45, 2.75) is 6.42 Å². The number of nitrogens with zero attached hydrogens (tertiary/aromatic N) is 2. The number of nitrogens with one attached hydrogen (secondary N) is 1. The van der Waals surface area contributed by atoms with Gasteiger partial charge in [-0.2, -0.15) is 0 Å². The van der Waals surface area contributed by atoms with Crippen LogP contribution >= 0.6 is 0 Å². The number of benzene rings is 2. The average Bonchev–Trinajstić information content (AvgIpc) is 2.68. The number of rotatable bonds is 8. The van der Waals surface area contributed by atoms with Crippen molar-refractivity contribution in [1.29, 1.82) is 0 Å². The highest BCUT2D eigenvalue weighted by Crippen LogP contribution is 2.15. The lowest BCUT2D eigenvalue weighted by Gasteiger charge is -2.36. The Morgan fingerprint density at radius 1 is 0.846 bits per heavy atom. The van der Waals surface area contributed by atoms with Gasteiger partial charge < -0.3 is 4.90 Å². The molecule has 5 nitrogen and oxygen atoms in total. The fourth-order valence-corrected chi connectivity index (χ4v) is 4.25. The third-order valence-electron chi connectivity index (χ3n) is 4.75. The molecule has 26 heavy (non-hydrogen) atoms. The summed E-state index contributed by atoms with van der Waals surface area (Å²) in [6, 6.07) is 20.2. The Balaban J connectivity index is 1.36. The molecule has 2 aromatic rings. The summed E-state index contributed by atoms with van der Waals surface area (Å²) in [5, 5.41) is 0. The van der Waals surface area contributed by atoms with Gasteiger partial charge in [0.25, 0.3) is 0 Å². The predicted octanol–water partition coefficient (Wildman–Crippen LogP) is 1.97. The second-order valence-corrected chi connectivity index (χ2v) is 8.54. The first-order chi connectivity index (χ1) is 12.6. The zero-order valence-electron chi connectivity index (χ0n) is 15.0. The summed E-state index contributed by atoms with van der Waals surface area (Å²) in [4.78, 5) is 4.69. The van der Waals surface area contributed by atoms with Crippen molar-refractivity contribution in [3.63, 3.8) is 0 Å². The van der Waals surface area contributed by atoms with E-state index in [1.54, 1.807) is 0 Å². The lowest BCUT2D eigenvalue weighted by molar-refractivity contribution is 0.262. The SMILES string of the molecule is O=S(=O)(CCc1ccccc1)NCCN1CCN(c2ccccc2)CC1. The van der Waals surface area contributed by atoms with Crippen LogP contribution in [0.1, 0.15) is 5.56 Å². The van der Waals surface area contributed by atoms with E-state index in [-0.39, 0.29) is 5.75 Å². The lowest BCUT2D eigenvalue weighted by atomic mass is 10.2. The normalized spacial score (nSPS) is 15.9. The van der Waals surface area contributed by atoms with Gasteiger partial charge in [0.2, 0.25) is 10.0 Å². The molecule has 0 radical (unpaired) electrons. The van der Waals surface area contributed by atoms with Crippen LogP contribution in [-0.4, -0.2) is 58.3 Å². The summed E-state index contributed by atoms with van der Waals surface area (Å²) in [5.41, 5.74) is 2.31. The van der Waals surface area contributed by atoms with Gasteiger partial charge in [0.1, 0.15) is 0 Å². The number of para-hydroxylation sites is 1. The first-order valence-electron chi connectivity index (χ1n) is 9.16. The van der Waals surface area contributed by atoms with Crippen LogP contribution in [0.5, 0.6) is 0 Å². The molecule has 0 amide bonds. The predicted molar refractivity (Wildman–Crippen MR) is 107 cm³/mol. The Bertz CT molecular complexity index is 758. The molecule has 1 aliphatic heterocycles. The molecule has 1 saturated heterocycles. The number of aryl methyl sites for hydroxylation is 1. The van der Waals surface area contributed by atoms with E-state index in [4.69, 9.17) is 0 Å². The molecule has 0 atom stereocenters. The van der Waals surface area contributed by atoms with E-state index in [9.17, 15) is 8.42 Å². The third-order valence-corrected chi connectivity index (χ3v) is 6.13. The summed E-state index contributed by atoms with van der Waals surface area (Å²) in [7, 11) is -3.22. The smallest absolute Gasteiger partial charge is 0.211 e. The summed E-state index contributed by atoms with van der Waals surface area (Å²) >= 11 is 0. The fraction of sp³-hybridized carbons (Fsp3) is 0.400. The fourth-order valence-electron chi connectivity index (χ4n) is 3.20. The van der Waals surface area contributed by atoms with Gasteiger partial charge in [0.15, 0.2) is 0 Å². The standard InChI is InChI=1S/C20H27N3O2S/c24-26(25,18-11-19-7-3-1-4-8-19)21-12-13-22-14-16-23(17-15-22)20-9-5-2-6-10-20/h1-10,21H,11-18H2. The monoisotopic (exact) mass is 373 g/mol. The number of piperazine rings is 1. The van der Waals surface area contributed by atoms with Crippen molar-refractivity contribution >= 4 is 15.7 Å². The van der Waals surface area contributed by atoms with Crippen molar-refractivity contribution in [1.82, 2.24) is 9.62 Å². The summed E-state index contributed by atoms with van der Waals surface area (Å²) in [6.07, 6.45) is 0.548. The molecule has 0 aliphatic carbocycles. The molecule has 1 aliphatic rings. The molecule has 0 unspecified atom stereocenters. The van der Waals surface area contributed by atoms with Gasteiger partial charge in [0.05, 0.1) is 5.75 Å². The highest BCUT2D eigenvalue weighted by atomic mass is 32.2. The van der Waals surface area contributed by atoms with Crippen molar-refractivity contribution in [3.8, 4) is 0 Å². The molecule has 1 N–H and O–H groups in total. The van der Waals surface area contributed by atoms with E-state index in [2.05, 4.69) is 38.8 Å². The molecule has 0 saturated carbocycles. The Hall–Kier alpha value is -1.89. The van der Waals surface area contributed by atoms with Gasteiger partial charge >= 0.3 is 0 Å². The maximum atomic E-state index is 12.1. The maximum absolute atomic E-state index is 12.1. The highest BCUT2D eigenvalue weighted by Gasteiger charge is 2.17. The highest BCUT2D eigenvalue weighted by molar-refractivity contribution is 7.89. The molecular formula is C20H27N3O2S. The van der Waals surface area contributed by atoms with Crippen LogP contribution in [0.2, 0.25) is 0 Å². The van der Waals surface area contributed by atoms with Gasteiger partial charge in [-0.05, 0) is 24.1 Å². The van der Waals surface area contributed by atoms with Crippen LogP contribution in [0, 0.1) is 0 Å². The Morgan fingerprint density at radius 2 is 1.46 bits per heavy atom. The van der Waals surface area contributed by atoms with Crippen LogP contribution < -0.4 is 9.62 Å². The molecule has 3 rings (SSSR count). The lowest BCUT2D eigenvalue weighted by Crippen LogP contribution is -2.48. The summed E-state index contributed by atoms with van der Waals surface area (Å²) in [5.74, 6) is 0.138. The Kier molecular flexibility index (Phi) is 6.66. The van der Waals surface area contributed by atoms with E-state index >= 15 is 0 Å². The van der Waals surface area contributed by atoms with E-state index in [1.165, 1.54) is 5.69 Å². The van der Waals surface area contributed by atoms with E-state index in [1.807, 2.05) is 36.4 Å². The zero-order valence-corrected chi connectivity index (χ0v) is 15.9. The molecular weight excluding hydrogens is 346 g/mol. The summed E-state index contributed by atoms with van der Waals surface area (Å²) < 4.78 is 27.0. The first-order valence-corrected chi connectivity index (χ1v) is 10.8. The molecule has 0 aromatic heterocycles. The Morgan fingerprint density at radius 3 is 2.12 bits per heavy atom. The number of hydrogen-bond acceptors (Lipinski definition) is 4. The van der Waals surface area contributed by atoms with Gasteiger partial charge in [-0.3, -0.25) is 4.90 Å². The molecule has 6 heteroatoms. The quantitative estimate of drug-likeness (QED) is 0.769. The van der Waals surface area contributed by atoms with E-state index in [0.717, 1.165) is 38.3 Å². The minimum Gasteiger partial charge on any atom is -0.369 e. The van der Waals surface area contributed by atoms with Gasteiger partial charge in [-0.1, -0.05) is 48.5 Å². The van der Waals surface area contributed by atoms with Crippen molar-refractivity contribution in [2.75, 3.05) is 49.9 Å². The van der Waals surface area contributed by atoms with Gasteiger partial charge in [-0.15, -0.1) is 0 Å². The molecule has 2 aromatic carbocycles. The van der Waals surface area contributed by atoms with E-state index in [0.29, 0.717) is 13.0 Å². The number of anilines is 1. The molecule has 1 fully saturated rings. The van der Waals surface area contributed by atoms with Crippen LogP contribution in [0.4, 0.5) is 5.69 Å².